The number of benzene rings is 1. The zero-order valence-electron chi connectivity index (χ0n) is 17.4. The molecule has 2 N–H and O–H groups in total. The third kappa shape index (κ3) is 4.06. The summed E-state index contributed by atoms with van der Waals surface area (Å²) in [5.74, 6) is -0.346. The monoisotopic (exact) mass is 423 g/mol. The summed E-state index contributed by atoms with van der Waals surface area (Å²) < 4.78 is 0. The number of rotatable bonds is 5. The number of hydrogen-bond donors (Lipinski definition) is 2. The van der Waals surface area contributed by atoms with E-state index in [0.717, 1.165) is 41.7 Å². The number of carbonyl (C=O) groups is 1. The van der Waals surface area contributed by atoms with E-state index in [1.165, 1.54) is 24.6 Å². The van der Waals surface area contributed by atoms with Gasteiger partial charge in [-0.2, -0.15) is 10.4 Å². The van der Waals surface area contributed by atoms with Gasteiger partial charge in [0.15, 0.2) is 5.69 Å². The first kappa shape index (κ1) is 19.8. The number of nitrogens with zero attached hydrogens (tertiary/aromatic N) is 5. The van der Waals surface area contributed by atoms with Crippen LogP contribution in [0.5, 0.6) is 0 Å². The number of H-pyrrole nitrogens is 1. The molecule has 0 atom stereocenters. The maximum absolute atomic E-state index is 12.8. The highest BCUT2D eigenvalue weighted by atomic mass is 16.1. The van der Waals surface area contributed by atoms with Crippen LogP contribution >= 0.6 is 0 Å². The van der Waals surface area contributed by atoms with Gasteiger partial charge in [0.25, 0.3) is 5.91 Å². The van der Waals surface area contributed by atoms with Crippen molar-refractivity contribution in [3.63, 3.8) is 0 Å². The third-order valence-electron chi connectivity index (χ3n) is 5.65. The Kier molecular flexibility index (Phi) is 5.32. The Balaban J connectivity index is 1.41. The van der Waals surface area contributed by atoms with Crippen molar-refractivity contribution in [1.82, 2.24) is 25.1 Å². The maximum atomic E-state index is 12.8. The minimum atomic E-state index is -0.346. The maximum Gasteiger partial charge on any atom is 0.276 e. The van der Waals surface area contributed by atoms with Gasteiger partial charge in [-0.1, -0.05) is 6.07 Å². The molecule has 1 aliphatic rings. The SMILES string of the molecule is N#Cc1ccc(NC(=O)c2n[nH]c3ccc(-c4cncc(CN5CCCC5)c4)cc23)cn1. The van der Waals surface area contributed by atoms with Crippen molar-refractivity contribution < 1.29 is 4.79 Å². The van der Waals surface area contributed by atoms with Crippen molar-refractivity contribution in [3.8, 4) is 17.2 Å². The van der Waals surface area contributed by atoms with Crippen LogP contribution in [0.3, 0.4) is 0 Å². The van der Waals surface area contributed by atoms with Gasteiger partial charge in [-0.3, -0.25) is 19.8 Å². The topological polar surface area (TPSA) is 111 Å². The molecule has 5 rings (SSSR count). The Hall–Kier alpha value is -4.09. The van der Waals surface area contributed by atoms with Crippen molar-refractivity contribution >= 4 is 22.5 Å². The molecule has 0 unspecified atom stereocenters. The number of aromatic amines is 1. The average molecular weight is 423 g/mol. The molecule has 0 saturated carbocycles. The van der Waals surface area contributed by atoms with E-state index in [0.29, 0.717) is 17.1 Å². The molecule has 1 aromatic carbocycles. The van der Waals surface area contributed by atoms with Crippen LogP contribution in [-0.2, 0) is 6.54 Å². The molecule has 0 aliphatic carbocycles. The third-order valence-corrected chi connectivity index (χ3v) is 5.65. The molecule has 1 fully saturated rings. The molecule has 0 radical (unpaired) electrons. The molecule has 8 nitrogen and oxygen atoms in total. The van der Waals surface area contributed by atoms with E-state index in [2.05, 4.69) is 36.4 Å². The number of anilines is 1. The number of likely N-dealkylation sites (tertiary alicyclic amines) is 1. The van der Waals surface area contributed by atoms with Gasteiger partial charge in [-0.25, -0.2) is 4.98 Å². The second kappa shape index (κ2) is 8.57. The van der Waals surface area contributed by atoms with Gasteiger partial charge in [-0.05, 0) is 67.4 Å². The molecule has 32 heavy (non-hydrogen) atoms. The highest BCUT2D eigenvalue weighted by Crippen LogP contribution is 2.26. The molecule has 4 heterocycles. The standard InChI is InChI=1S/C24H21N7O/c25-11-19-4-5-20(14-27-19)28-24(32)23-21-10-17(3-6-22(21)29-30-23)18-9-16(12-26-13-18)15-31-7-1-2-8-31/h3-6,9-10,12-14H,1-2,7-8,15H2,(H,28,32)(H,29,30). The van der Waals surface area contributed by atoms with Crippen LogP contribution in [0.15, 0.2) is 55.0 Å². The first-order valence-electron chi connectivity index (χ1n) is 10.5. The van der Waals surface area contributed by atoms with Crippen LogP contribution in [0.25, 0.3) is 22.0 Å². The van der Waals surface area contributed by atoms with Crippen molar-refractivity contribution in [3.05, 3.63) is 71.9 Å². The van der Waals surface area contributed by atoms with Crippen LogP contribution in [0, 0.1) is 11.3 Å². The second-order valence-corrected chi connectivity index (χ2v) is 7.90. The van der Waals surface area contributed by atoms with Crippen LogP contribution < -0.4 is 5.32 Å². The Morgan fingerprint density at radius 1 is 1.09 bits per heavy atom. The number of nitrogens with one attached hydrogen (secondary N) is 2. The molecule has 1 amide bonds. The van der Waals surface area contributed by atoms with Gasteiger partial charge < -0.3 is 5.32 Å². The Morgan fingerprint density at radius 2 is 1.97 bits per heavy atom. The fourth-order valence-electron chi connectivity index (χ4n) is 4.02. The summed E-state index contributed by atoms with van der Waals surface area (Å²) in [5.41, 5.74) is 5.03. The van der Waals surface area contributed by atoms with Crippen LogP contribution in [0.1, 0.15) is 34.6 Å². The fourth-order valence-corrected chi connectivity index (χ4v) is 4.02. The fraction of sp³-hybridized carbons (Fsp3) is 0.208. The molecule has 1 saturated heterocycles. The van der Waals surface area contributed by atoms with Crippen LogP contribution in [0.4, 0.5) is 5.69 Å². The van der Waals surface area contributed by atoms with Crippen molar-refractivity contribution in [2.24, 2.45) is 0 Å². The van der Waals surface area contributed by atoms with Gasteiger partial charge in [0.2, 0.25) is 0 Å². The summed E-state index contributed by atoms with van der Waals surface area (Å²) in [4.78, 5) is 23.7. The predicted octanol–water partition coefficient (Wildman–Crippen LogP) is 3.74. The molecular weight excluding hydrogens is 402 g/mol. The quantitative estimate of drug-likeness (QED) is 0.506. The van der Waals surface area contributed by atoms with Gasteiger partial charge in [0, 0.05) is 29.9 Å². The van der Waals surface area contributed by atoms with Crippen molar-refractivity contribution in [2.75, 3.05) is 18.4 Å². The lowest BCUT2D eigenvalue weighted by atomic mass is 10.0. The van der Waals surface area contributed by atoms with Gasteiger partial charge in [0.05, 0.1) is 17.4 Å². The second-order valence-electron chi connectivity index (χ2n) is 7.90. The number of pyridine rings is 2. The summed E-state index contributed by atoms with van der Waals surface area (Å²) >= 11 is 0. The van der Waals surface area contributed by atoms with Gasteiger partial charge >= 0.3 is 0 Å². The minimum absolute atomic E-state index is 0.290. The van der Waals surface area contributed by atoms with Gasteiger partial charge in [-0.15, -0.1) is 0 Å². The zero-order chi connectivity index (χ0) is 21.9. The zero-order valence-corrected chi connectivity index (χ0v) is 17.4. The number of nitriles is 1. The lowest BCUT2D eigenvalue weighted by Crippen LogP contribution is -2.18. The Bertz CT molecular complexity index is 1310. The Morgan fingerprint density at radius 3 is 2.75 bits per heavy atom. The molecule has 8 heteroatoms. The van der Waals surface area contributed by atoms with Crippen molar-refractivity contribution in [2.45, 2.75) is 19.4 Å². The lowest BCUT2D eigenvalue weighted by molar-refractivity contribution is 0.102. The molecular formula is C24H21N7O. The lowest BCUT2D eigenvalue weighted by Gasteiger charge is -2.14. The van der Waals surface area contributed by atoms with E-state index in [1.54, 1.807) is 12.1 Å². The first-order valence-corrected chi connectivity index (χ1v) is 10.5. The smallest absolute Gasteiger partial charge is 0.276 e. The van der Waals surface area contributed by atoms with E-state index >= 15 is 0 Å². The number of aromatic nitrogens is 4. The molecule has 3 aromatic heterocycles. The number of hydrogen-bond acceptors (Lipinski definition) is 6. The predicted molar refractivity (Wildman–Crippen MR) is 121 cm³/mol. The molecule has 4 aromatic rings. The summed E-state index contributed by atoms with van der Waals surface area (Å²) in [6, 6.07) is 13.2. The highest BCUT2D eigenvalue weighted by molar-refractivity contribution is 6.11. The van der Waals surface area contributed by atoms with E-state index in [9.17, 15) is 4.79 Å². The number of fused-ring (bicyclic) bond motifs is 1. The molecule has 1 aliphatic heterocycles. The summed E-state index contributed by atoms with van der Waals surface area (Å²) in [6.45, 7) is 3.18. The molecule has 0 bridgehead atoms. The summed E-state index contributed by atoms with van der Waals surface area (Å²) in [6.07, 6.45) is 7.73. The van der Waals surface area contributed by atoms with Crippen LogP contribution in [0.2, 0.25) is 0 Å². The van der Waals surface area contributed by atoms with E-state index in [4.69, 9.17) is 5.26 Å². The van der Waals surface area contributed by atoms with Gasteiger partial charge in [0.1, 0.15) is 11.8 Å². The van der Waals surface area contributed by atoms with E-state index in [-0.39, 0.29) is 5.91 Å². The first-order chi connectivity index (χ1) is 15.7. The van der Waals surface area contributed by atoms with Crippen molar-refractivity contribution in [1.29, 1.82) is 5.26 Å². The average Bonchev–Trinajstić information content (AvgIpc) is 3.49. The Labute approximate surface area is 184 Å². The number of amides is 1. The normalized spacial score (nSPS) is 13.8. The minimum Gasteiger partial charge on any atom is -0.319 e. The largest absolute Gasteiger partial charge is 0.319 e. The van der Waals surface area contributed by atoms with Crippen LogP contribution in [-0.4, -0.2) is 44.1 Å². The highest BCUT2D eigenvalue weighted by Gasteiger charge is 2.16. The summed E-state index contributed by atoms with van der Waals surface area (Å²) in [7, 11) is 0. The molecule has 0 spiro atoms. The number of carbonyl (C=O) groups excluding carboxylic acids is 1. The van der Waals surface area contributed by atoms with E-state index in [1.807, 2.05) is 36.7 Å². The molecule has 158 valence electrons. The van der Waals surface area contributed by atoms with E-state index < -0.39 is 0 Å². The summed E-state index contributed by atoms with van der Waals surface area (Å²) in [5, 5.41) is 19.5.